The summed E-state index contributed by atoms with van der Waals surface area (Å²) in [6, 6.07) is 14.3. The van der Waals surface area contributed by atoms with Crippen molar-refractivity contribution in [3.8, 4) is 5.75 Å². The average molecular weight is 273 g/mol. The first kappa shape index (κ1) is 14.5. The Kier molecular flexibility index (Phi) is 4.74. The van der Waals surface area contributed by atoms with Gasteiger partial charge in [0.25, 0.3) is 0 Å². The van der Waals surface area contributed by atoms with Gasteiger partial charge in [0.1, 0.15) is 11.6 Å². The average Bonchev–Trinajstić information content (AvgIpc) is 2.43. The summed E-state index contributed by atoms with van der Waals surface area (Å²) in [4.78, 5) is 0. The van der Waals surface area contributed by atoms with Crippen molar-refractivity contribution in [2.45, 2.75) is 26.0 Å². The molecule has 0 saturated carbocycles. The van der Waals surface area contributed by atoms with Gasteiger partial charge < -0.3 is 10.1 Å². The normalized spacial score (nSPS) is 12.4. The topological polar surface area (TPSA) is 21.3 Å². The first-order valence-corrected chi connectivity index (χ1v) is 6.80. The summed E-state index contributed by atoms with van der Waals surface area (Å²) in [5.41, 5.74) is 1.56. The van der Waals surface area contributed by atoms with Crippen LogP contribution in [0.25, 0.3) is 0 Å². The summed E-state index contributed by atoms with van der Waals surface area (Å²) in [6.07, 6.45) is 0.0780. The number of hydrogen-bond acceptors (Lipinski definition) is 2. The van der Waals surface area contributed by atoms with Crippen molar-refractivity contribution in [3.63, 3.8) is 0 Å². The minimum absolute atomic E-state index is 0.0780. The molecular weight excluding hydrogens is 253 g/mol. The minimum Gasteiger partial charge on any atom is -0.491 e. The Hall–Kier alpha value is -1.87. The first-order valence-electron chi connectivity index (χ1n) is 6.80. The number of rotatable bonds is 5. The van der Waals surface area contributed by atoms with Crippen LogP contribution in [-0.2, 0) is 0 Å². The van der Waals surface area contributed by atoms with Gasteiger partial charge in [0, 0.05) is 11.1 Å². The summed E-state index contributed by atoms with van der Waals surface area (Å²) in [5.74, 6) is 0.566. The molecule has 3 heteroatoms. The second-order valence-corrected chi connectivity index (χ2v) is 4.95. The van der Waals surface area contributed by atoms with Crippen molar-refractivity contribution < 1.29 is 9.13 Å². The van der Waals surface area contributed by atoms with Crippen molar-refractivity contribution >= 4 is 0 Å². The maximum absolute atomic E-state index is 14.0. The number of halogens is 1. The van der Waals surface area contributed by atoms with Crippen LogP contribution in [0.5, 0.6) is 5.75 Å². The van der Waals surface area contributed by atoms with E-state index in [0.29, 0.717) is 5.56 Å². The molecule has 0 spiro atoms. The van der Waals surface area contributed by atoms with E-state index >= 15 is 0 Å². The molecule has 2 rings (SSSR count). The van der Waals surface area contributed by atoms with Crippen LogP contribution in [0.15, 0.2) is 48.5 Å². The fourth-order valence-corrected chi connectivity index (χ4v) is 2.27. The number of nitrogens with one attached hydrogen (secondary N) is 1. The van der Waals surface area contributed by atoms with E-state index in [9.17, 15) is 4.39 Å². The van der Waals surface area contributed by atoms with Crippen LogP contribution < -0.4 is 10.1 Å². The molecule has 0 fully saturated rings. The lowest BCUT2D eigenvalue weighted by Crippen LogP contribution is -2.20. The molecule has 106 valence electrons. The lowest BCUT2D eigenvalue weighted by molar-refractivity contribution is 0.238. The lowest BCUT2D eigenvalue weighted by atomic mass is 9.97. The first-order chi connectivity index (χ1) is 9.63. The Bertz CT molecular complexity index is 568. The van der Waals surface area contributed by atoms with Crippen LogP contribution in [0.2, 0.25) is 0 Å². The molecule has 2 aromatic carbocycles. The molecule has 1 unspecified atom stereocenters. The summed E-state index contributed by atoms with van der Waals surface area (Å²) in [7, 11) is 1.82. The molecule has 0 aliphatic rings. The predicted molar refractivity (Wildman–Crippen MR) is 79.5 cm³/mol. The van der Waals surface area contributed by atoms with Crippen LogP contribution in [0.3, 0.4) is 0 Å². The standard InChI is InChI=1S/C17H20FNO/c1-12(2)20-16-11-7-5-9-14(16)17(19-3)13-8-4-6-10-15(13)18/h4-12,17,19H,1-3H3. The Morgan fingerprint density at radius 1 is 0.950 bits per heavy atom. The number of hydrogen-bond donors (Lipinski definition) is 1. The summed E-state index contributed by atoms with van der Waals surface area (Å²) >= 11 is 0. The van der Waals surface area contributed by atoms with E-state index in [4.69, 9.17) is 4.74 Å². The van der Waals surface area contributed by atoms with E-state index in [0.717, 1.165) is 11.3 Å². The lowest BCUT2D eigenvalue weighted by Gasteiger charge is -2.22. The zero-order valence-electron chi connectivity index (χ0n) is 12.1. The van der Waals surface area contributed by atoms with Gasteiger partial charge in [-0.3, -0.25) is 0 Å². The molecule has 0 heterocycles. The molecule has 20 heavy (non-hydrogen) atoms. The second kappa shape index (κ2) is 6.53. The highest BCUT2D eigenvalue weighted by Gasteiger charge is 2.19. The fourth-order valence-electron chi connectivity index (χ4n) is 2.27. The van der Waals surface area contributed by atoms with Gasteiger partial charge in [-0.2, -0.15) is 0 Å². The predicted octanol–water partition coefficient (Wildman–Crippen LogP) is 3.92. The minimum atomic E-state index is -0.230. The van der Waals surface area contributed by atoms with E-state index in [1.807, 2.05) is 51.2 Å². The zero-order valence-corrected chi connectivity index (χ0v) is 12.1. The van der Waals surface area contributed by atoms with Crippen LogP contribution in [0.1, 0.15) is 31.0 Å². The van der Waals surface area contributed by atoms with Gasteiger partial charge in [0.15, 0.2) is 0 Å². The van der Waals surface area contributed by atoms with Gasteiger partial charge in [-0.05, 0) is 33.0 Å². The molecule has 0 radical (unpaired) electrons. The summed E-state index contributed by atoms with van der Waals surface area (Å²) in [5, 5.41) is 3.17. The third-order valence-electron chi connectivity index (χ3n) is 3.10. The highest BCUT2D eigenvalue weighted by molar-refractivity contribution is 5.42. The molecule has 0 saturated heterocycles. The Balaban J connectivity index is 2.45. The quantitative estimate of drug-likeness (QED) is 0.891. The molecular formula is C17H20FNO. The molecule has 0 aliphatic heterocycles. The highest BCUT2D eigenvalue weighted by Crippen LogP contribution is 2.31. The van der Waals surface area contributed by atoms with E-state index < -0.39 is 0 Å². The summed E-state index contributed by atoms with van der Waals surface area (Å²) in [6.45, 7) is 3.96. The Labute approximate surface area is 119 Å². The number of benzene rings is 2. The van der Waals surface area contributed by atoms with Crippen molar-refractivity contribution in [1.29, 1.82) is 0 Å². The highest BCUT2D eigenvalue weighted by atomic mass is 19.1. The maximum atomic E-state index is 14.0. The van der Waals surface area contributed by atoms with Crippen molar-refractivity contribution in [2.24, 2.45) is 0 Å². The fraction of sp³-hybridized carbons (Fsp3) is 0.294. The molecule has 0 aromatic heterocycles. The van der Waals surface area contributed by atoms with Crippen molar-refractivity contribution in [1.82, 2.24) is 5.32 Å². The second-order valence-electron chi connectivity index (χ2n) is 4.95. The molecule has 2 nitrogen and oxygen atoms in total. The van der Waals surface area contributed by atoms with Gasteiger partial charge >= 0.3 is 0 Å². The van der Waals surface area contributed by atoms with E-state index in [-0.39, 0.29) is 18.0 Å². The molecule has 0 aliphatic carbocycles. The molecule has 1 N–H and O–H groups in total. The van der Waals surface area contributed by atoms with Crippen LogP contribution in [0.4, 0.5) is 4.39 Å². The smallest absolute Gasteiger partial charge is 0.128 e. The van der Waals surface area contributed by atoms with E-state index in [1.54, 1.807) is 12.1 Å². The number of para-hydroxylation sites is 1. The largest absolute Gasteiger partial charge is 0.491 e. The Morgan fingerprint density at radius 2 is 1.55 bits per heavy atom. The SMILES string of the molecule is CNC(c1ccccc1F)c1ccccc1OC(C)C. The van der Waals surface area contributed by atoms with Crippen LogP contribution >= 0.6 is 0 Å². The third kappa shape index (κ3) is 3.17. The van der Waals surface area contributed by atoms with E-state index in [1.165, 1.54) is 6.07 Å². The maximum Gasteiger partial charge on any atom is 0.128 e. The van der Waals surface area contributed by atoms with Gasteiger partial charge in [-0.1, -0.05) is 36.4 Å². The van der Waals surface area contributed by atoms with Crippen LogP contribution in [0, 0.1) is 5.82 Å². The summed E-state index contributed by atoms with van der Waals surface area (Å²) < 4.78 is 19.9. The zero-order chi connectivity index (χ0) is 14.5. The van der Waals surface area contributed by atoms with Gasteiger partial charge in [0.2, 0.25) is 0 Å². The van der Waals surface area contributed by atoms with Crippen molar-refractivity contribution in [3.05, 3.63) is 65.5 Å². The van der Waals surface area contributed by atoms with Gasteiger partial charge in [-0.15, -0.1) is 0 Å². The van der Waals surface area contributed by atoms with Gasteiger partial charge in [-0.25, -0.2) is 4.39 Å². The van der Waals surface area contributed by atoms with Crippen molar-refractivity contribution in [2.75, 3.05) is 7.05 Å². The third-order valence-corrected chi connectivity index (χ3v) is 3.10. The van der Waals surface area contributed by atoms with E-state index in [2.05, 4.69) is 5.32 Å². The molecule has 0 amide bonds. The Morgan fingerprint density at radius 3 is 2.15 bits per heavy atom. The van der Waals surface area contributed by atoms with Crippen LogP contribution in [-0.4, -0.2) is 13.2 Å². The molecule has 2 aromatic rings. The molecule has 1 atom stereocenters. The van der Waals surface area contributed by atoms with Gasteiger partial charge in [0.05, 0.1) is 12.1 Å². The number of ether oxygens (including phenoxy) is 1. The molecule has 0 bridgehead atoms. The monoisotopic (exact) mass is 273 g/mol.